The minimum Gasteiger partial charge on any atom is -0.494 e. The molecule has 0 aliphatic heterocycles. The monoisotopic (exact) mass is 535 g/mol. The molecule has 188 valence electrons. The summed E-state index contributed by atoms with van der Waals surface area (Å²) >= 11 is 7.62. The van der Waals surface area contributed by atoms with Crippen LogP contribution in [0.2, 0.25) is 5.02 Å². The van der Waals surface area contributed by atoms with Crippen molar-refractivity contribution < 1.29 is 23.9 Å². The first-order valence-electron chi connectivity index (χ1n) is 11.3. The molecular weight excluding hydrogens is 514 g/mol. The molecule has 0 spiro atoms. The zero-order valence-corrected chi connectivity index (χ0v) is 21.3. The third-order valence-corrected chi connectivity index (χ3v) is 6.71. The summed E-state index contributed by atoms with van der Waals surface area (Å²) in [5, 5.41) is 7.60. The fourth-order valence-electron chi connectivity index (χ4n) is 3.27. The van der Waals surface area contributed by atoms with E-state index in [4.69, 9.17) is 21.1 Å². The Kier molecular flexibility index (Phi) is 8.50. The lowest BCUT2D eigenvalue weighted by molar-refractivity contribution is -0.120. The number of carbonyl (C=O) groups is 3. The fraction of sp³-hybridized carbons (Fsp3) is 0.111. The number of amides is 2. The van der Waals surface area contributed by atoms with Crippen LogP contribution in [0.15, 0.2) is 77.9 Å². The van der Waals surface area contributed by atoms with E-state index >= 15 is 0 Å². The van der Waals surface area contributed by atoms with E-state index in [-0.39, 0.29) is 12.5 Å². The minimum atomic E-state index is -0.535. The largest absolute Gasteiger partial charge is 0.494 e. The van der Waals surface area contributed by atoms with Gasteiger partial charge in [-0.05, 0) is 67.1 Å². The summed E-state index contributed by atoms with van der Waals surface area (Å²) in [6, 6.07) is 20.7. The zero-order chi connectivity index (χ0) is 26.2. The van der Waals surface area contributed by atoms with Gasteiger partial charge in [0, 0.05) is 15.6 Å². The van der Waals surface area contributed by atoms with E-state index in [9.17, 15) is 14.4 Å². The van der Waals surface area contributed by atoms with E-state index in [0.717, 1.165) is 10.1 Å². The summed E-state index contributed by atoms with van der Waals surface area (Å²) in [4.78, 5) is 37.1. The highest BCUT2D eigenvalue weighted by Gasteiger charge is 2.19. The molecule has 0 aliphatic carbocycles. The molecule has 3 aromatic carbocycles. The third-order valence-electron chi connectivity index (χ3n) is 5.05. The van der Waals surface area contributed by atoms with Gasteiger partial charge in [0.2, 0.25) is 0 Å². The van der Waals surface area contributed by atoms with Crippen molar-refractivity contribution in [1.82, 2.24) is 10.7 Å². The van der Waals surface area contributed by atoms with Gasteiger partial charge in [-0.25, -0.2) is 10.2 Å². The molecule has 0 aliphatic rings. The number of esters is 1. The maximum atomic E-state index is 12.6. The summed E-state index contributed by atoms with van der Waals surface area (Å²) in [6.45, 7) is 2.17. The topological polar surface area (TPSA) is 106 Å². The van der Waals surface area contributed by atoms with Gasteiger partial charge in [-0.2, -0.15) is 5.10 Å². The van der Waals surface area contributed by atoms with E-state index < -0.39 is 11.9 Å². The SMILES string of the molecule is CCOc1ccc(C(=O)NCC(=O)N/N=C/c2ccc(OC(=O)c3sc4ccccc4c3Cl)cc2)cc1. The van der Waals surface area contributed by atoms with E-state index in [1.807, 2.05) is 31.2 Å². The number of nitrogens with zero attached hydrogens (tertiary/aromatic N) is 1. The van der Waals surface area contributed by atoms with E-state index in [1.54, 1.807) is 48.5 Å². The quantitative estimate of drug-likeness (QED) is 0.135. The van der Waals surface area contributed by atoms with Crippen molar-refractivity contribution >= 4 is 57.0 Å². The van der Waals surface area contributed by atoms with Crippen LogP contribution in [0.5, 0.6) is 11.5 Å². The number of hydrogen-bond donors (Lipinski definition) is 2. The van der Waals surface area contributed by atoms with Crippen LogP contribution in [-0.4, -0.2) is 37.1 Å². The first-order chi connectivity index (χ1) is 17.9. The Hall–Kier alpha value is -4.21. The van der Waals surface area contributed by atoms with Crippen LogP contribution in [-0.2, 0) is 4.79 Å². The standard InChI is InChI=1S/C27H22ClN3O5S/c1-2-35-19-13-9-18(10-14-19)26(33)29-16-23(32)31-30-15-17-7-11-20(12-8-17)36-27(34)25-24(28)21-5-3-4-6-22(21)37-25/h3-15H,2,16H2,1H3,(H,29,33)(H,31,32)/b30-15+. The molecule has 0 unspecified atom stereocenters. The molecule has 2 N–H and O–H groups in total. The van der Waals surface area contributed by atoms with Gasteiger partial charge in [0.15, 0.2) is 0 Å². The number of fused-ring (bicyclic) bond motifs is 1. The molecule has 0 saturated carbocycles. The number of benzene rings is 3. The van der Waals surface area contributed by atoms with Gasteiger partial charge in [0.25, 0.3) is 11.8 Å². The molecule has 4 aromatic rings. The minimum absolute atomic E-state index is 0.238. The highest BCUT2D eigenvalue weighted by molar-refractivity contribution is 7.21. The van der Waals surface area contributed by atoms with E-state index in [0.29, 0.717) is 39.1 Å². The second-order valence-electron chi connectivity index (χ2n) is 7.63. The molecule has 0 saturated heterocycles. The summed E-state index contributed by atoms with van der Waals surface area (Å²) < 4.78 is 11.7. The molecule has 8 nitrogen and oxygen atoms in total. The fourth-order valence-corrected chi connectivity index (χ4v) is 4.66. The van der Waals surface area contributed by atoms with Crippen molar-refractivity contribution in [3.63, 3.8) is 0 Å². The molecular formula is C27H22ClN3O5S. The first-order valence-corrected chi connectivity index (χ1v) is 12.5. The van der Waals surface area contributed by atoms with Gasteiger partial charge in [-0.1, -0.05) is 29.8 Å². The van der Waals surface area contributed by atoms with E-state index in [1.165, 1.54) is 17.6 Å². The summed E-state index contributed by atoms with van der Waals surface area (Å²) in [7, 11) is 0. The van der Waals surface area contributed by atoms with Crippen molar-refractivity contribution in [2.24, 2.45) is 5.10 Å². The Bertz CT molecular complexity index is 1450. The lowest BCUT2D eigenvalue weighted by Gasteiger charge is -2.06. The highest BCUT2D eigenvalue weighted by Crippen LogP contribution is 2.35. The number of nitrogens with one attached hydrogen (secondary N) is 2. The molecule has 37 heavy (non-hydrogen) atoms. The number of carbonyl (C=O) groups excluding carboxylic acids is 3. The Morgan fingerprint density at radius 2 is 1.68 bits per heavy atom. The number of hydrogen-bond acceptors (Lipinski definition) is 7. The second kappa shape index (κ2) is 12.2. The van der Waals surface area contributed by atoms with Crippen LogP contribution in [0.1, 0.15) is 32.5 Å². The molecule has 1 aromatic heterocycles. The number of thiophene rings is 1. The van der Waals surface area contributed by atoms with Crippen LogP contribution in [0.25, 0.3) is 10.1 Å². The van der Waals surface area contributed by atoms with Gasteiger partial charge >= 0.3 is 5.97 Å². The van der Waals surface area contributed by atoms with Crippen molar-refractivity contribution in [1.29, 1.82) is 0 Å². The van der Waals surface area contributed by atoms with Gasteiger partial charge in [0.05, 0.1) is 24.4 Å². The van der Waals surface area contributed by atoms with Crippen LogP contribution in [0, 0.1) is 0 Å². The first kappa shape index (κ1) is 25.9. The summed E-state index contributed by atoms with van der Waals surface area (Å²) in [5.41, 5.74) is 3.43. The Balaban J connectivity index is 1.24. The highest BCUT2D eigenvalue weighted by atomic mass is 35.5. The van der Waals surface area contributed by atoms with E-state index in [2.05, 4.69) is 15.8 Å². The van der Waals surface area contributed by atoms with Crippen LogP contribution < -0.4 is 20.2 Å². The van der Waals surface area contributed by atoms with Crippen LogP contribution in [0.3, 0.4) is 0 Å². The average molecular weight is 536 g/mol. The van der Waals surface area contributed by atoms with Gasteiger partial charge in [0.1, 0.15) is 16.4 Å². The van der Waals surface area contributed by atoms with Crippen molar-refractivity contribution in [2.75, 3.05) is 13.2 Å². The van der Waals surface area contributed by atoms with Crippen LogP contribution in [0.4, 0.5) is 0 Å². The second-order valence-corrected chi connectivity index (χ2v) is 9.06. The number of hydrazone groups is 1. The maximum Gasteiger partial charge on any atom is 0.355 e. The molecule has 2 amide bonds. The molecule has 0 fully saturated rings. The van der Waals surface area contributed by atoms with Crippen molar-refractivity contribution in [2.45, 2.75) is 6.92 Å². The normalized spacial score (nSPS) is 10.9. The predicted molar refractivity (Wildman–Crippen MR) is 144 cm³/mol. The third kappa shape index (κ3) is 6.72. The molecule has 0 atom stereocenters. The lowest BCUT2D eigenvalue weighted by Crippen LogP contribution is -2.34. The molecule has 0 bridgehead atoms. The van der Waals surface area contributed by atoms with Crippen molar-refractivity contribution in [3.8, 4) is 11.5 Å². The van der Waals surface area contributed by atoms with Crippen molar-refractivity contribution in [3.05, 3.63) is 93.8 Å². The number of rotatable bonds is 9. The molecule has 4 rings (SSSR count). The van der Waals surface area contributed by atoms with Gasteiger partial charge in [-0.15, -0.1) is 11.3 Å². The van der Waals surface area contributed by atoms with Gasteiger partial charge in [-0.3, -0.25) is 9.59 Å². The Morgan fingerprint density at radius 3 is 2.38 bits per heavy atom. The smallest absolute Gasteiger partial charge is 0.355 e. The number of halogens is 1. The average Bonchev–Trinajstić information content (AvgIpc) is 3.25. The maximum absolute atomic E-state index is 12.6. The van der Waals surface area contributed by atoms with Gasteiger partial charge < -0.3 is 14.8 Å². The number of ether oxygens (including phenoxy) is 2. The van der Waals surface area contributed by atoms with Crippen LogP contribution >= 0.6 is 22.9 Å². The summed E-state index contributed by atoms with van der Waals surface area (Å²) in [6.07, 6.45) is 1.43. The predicted octanol–water partition coefficient (Wildman–Crippen LogP) is 5.05. The zero-order valence-electron chi connectivity index (χ0n) is 19.7. The Morgan fingerprint density at radius 1 is 0.973 bits per heavy atom. The molecule has 1 heterocycles. The Labute approximate surface area is 221 Å². The lowest BCUT2D eigenvalue weighted by atomic mass is 10.2. The molecule has 0 radical (unpaired) electrons. The summed E-state index contributed by atoms with van der Waals surface area (Å²) in [5.74, 6) is -0.396. The molecule has 10 heteroatoms.